The second-order valence-electron chi connectivity index (χ2n) is 5.75. The predicted octanol–water partition coefficient (Wildman–Crippen LogP) is 1.35. The van der Waals surface area contributed by atoms with Crippen molar-refractivity contribution in [2.75, 3.05) is 26.9 Å². The molecule has 116 valence electrons. The number of rotatable bonds is 8. The third kappa shape index (κ3) is 3.59. The van der Waals surface area contributed by atoms with Gasteiger partial charge in [-0.2, -0.15) is 0 Å². The highest BCUT2D eigenvalue weighted by Gasteiger charge is 2.48. The number of hydrogen-bond donors (Lipinski definition) is 0. The molecule has 2 aliphatic heterocycles. The quantitative estimate of drug-likeness (QED) is 0.633. The fourth-order valence-corrected chi connectivity index (χ4v) is 5.74. The summed E-state index contributed by atoms with van der Waals surface area (Å²) in [4.78, 5) is 12.1. The molecule has 0 aliphatic carbocycles. The first-order valence-corrected chi connectivity index (χ1v) is 8.98. The van der Waals surface area contributed by atoms with Crippen LogP contribution in [-0.2, 0) is 24.1 Å². The van der Waals surface area contributed by atoms with Gasteiger partial charge in [0.05, 0.1) is 23.7 Å². The average molecular weight is 304 g/mol. The maximum absolute atomic E-state index is 12.1. The molecule has 0 saturated carbocycles. The normalized spacial score (nSPS) is 31.4. The maximum Gasteiger partial charge on any atom is 0.156 e. The van der Waals surface area contributed by atoms with E-state index in [-0.39, 0.29) is 22.2 Å². The molecule has 0 spiro atoms. The highest BCUT2D eigenvalue weighted by molar-refractivity contribution is 7.93. The van der Waals surface area contributed by atoms with Crippen molar-refractivity contribution in [3.63, 3.8) is 0 Å². The van der Waals surface area contributed by atoms with Gasteiger partial charge in [0, 0.05) is 26.1 Å². The van der Waals surface area contributed by atoms with Crippen molar-refractivity contribution in [2.24, 2.45) is 5.92 Å². The minimum Gasteiger partial charge on any atom is -0.382 e. The Balaban J connectivity index is 1.70. The fraction of sp³-hybridized carbons (Fsp3) is 0.929. The van der Waals surface area contributed by atoms with Gasteiger partial charge in [0.1, 0.15) is 5.78 Å². The molecular formula is C14H24O5S. The molecule has 0 radical (unpaired) electrons. The summed E-state index contributed by atoms with van der Waals surface area (Å²) in [6.45, 7) is 1.68. The van der Waals surface area contributed by atoms with Gasteiger partial charge < -0.3 is 9.47 Å². The van der Waals surface area contributed by atoms with Crippen LogP contribution in [0.15, 0.2) is 0 Å². The van der Waals surface area contributed by atoms with Crippen molar-refractivity contribution in [1.29, 1.82) is 0 Å². The van der Waals surface area contributed by atoms with Crippen LogP contribution in [-0.4, -0.2) is 51.6 Å². The van der Waals surface area contributed by atoms with Crippen molar-refractivity contribution in [2.45, 2.75) is 49.0 Å². The first-order valence-electron chi connectivity index (χ1n) is 7.37. The SMILES string of the molecule is COCCOCCCC(=O)C1CC2CCC(C1)S2(=O)=O. The molecule has 0 N–H and O–H groups in total. The van der Waals surface area contributed by atoms with Crippen LogP contribution in [0.1, 0.15) is 38.5 Å². The summed E-state index contributed by atoms with van der Waals surface area (Å²) in [5.41, 5.74) is 0. The predicted molar refractivity (Wildman–Crippen MR) is 75.4 cm³/mol. The monoisotopic (exact) mass is 304 g/mol. The third-order valence-electron chi connectivity index (χ3n) is 4.43. The van der Waals surface area contributed by atoms with E-state index < -0.39 is 9.84 Å². The van der Waals surface area contributed by atoms with Crippen molar-refractivity contribution in [1.82, 2.24) is 0 Å². The van der Waals surface area contributed by atoms with Gasteiger partial charge in [0.15, 0.2) is 9.84 Å². The Hall–Kier alpha value is -0.460. The Bertz CT molecular complexity index is 411. The second-order valence-corrected chi connectivity index (χ2v) is 8.27. The van der Waals surface area contributed by atoms with E-state index in [1.54, 1.807) is 7.11 Å². The van der Waals surface area contributed by atoms with E-state index in [9.17, 15) is 13.2 Å². The summed E-state index contributed by atoms with van der Waals surface area (Å²) in [5, 5.41) is -0.513. The fourth-order valence-electron chi connectivity index (χ4n) is 3.27. The van der Waals surface area contributed by atoms with Crippen LogP contribution in [0.25, 0.3) is 0 Å². The number of fused-ring (bicyclic) bond motifs is 2. The van der Waals surface area contributed by atoms with E-state index in [2.05, 4.69) is 0 Å². The molecule has 2 saturated heterocycles. The molecule has 0 amide bonds. The van der Waals surface area contributed by atoms with Crippen LogP contribution in [0.5, 0.6) is 0 Å². The Morgan fingerprint density at radius 3 is 2.35 bits per heavy atom. The van der Waals surface area contributed by atoms with Gasteiger partial charge in [-0.1, -0.05) is 0 Å². The lowest BCUT2D eigenvalue weighted by molar-refractivity contribution is -0.123. The zero-order valence-corrected chi connectivity index (χ0v) is 12.9. The number of Topliss-reactive ketones (excluding diaryl/α,β-unsaturated/α-hetero) is 1. The Kier molecular flexibility index (Phi) is 5.57. The highest BCUT2D eigenvalue weighted by Crippen LogP contribution is 2.41. The van der Waals surface area contributed by atoms with E-state index in [0.717, 1.165) is 12.8 Å². The molecule has 2 aliphatic rings. The van der Waals surface area contributed by atoms with Crippen molar-refractivity contribution in [3.8, 4) is 0 Å². The molecule has 2 heterocycles. The van der Waals surface area contributed by atoms with Gasteiger partial charge in [0.25, 0.3) is 0 Å². The molecule has 2 fully saturated rings. The van der Waals surface area contributed by atoms with E-state index in [4.69, 9.17) is 9.47 Å². The van der Waals surface area contributed by atoms with Crippen LogP contribution >= 0.6 is 0 Å². The van der Waals surface area contributed by atoms with Gasteiger partial charge in [-0.25, -0.2) is 8.42 Å². The molecule has 6 heteroatoms. The first-order chi connectivity index (χ1) is 9.55. The van der Waals surface area contributed by atoms with Crippen LogP contribution in [0.3, 0.4) is 0 Å². The lowest BCUT2D eigenvalue weighted by Gasteiger charge is -2.26. The summed E-state index contributed by atoms with van der Waals surface area (Å²) >= 11 is 0. The number of carbonyl (C=O) groups is 1. The Morgan fingerprint density at radius 1 is 1.10 bits per heavy atom. The van der Waals surface area contributed by atoms with Crippen LogP contribution in [0, 0.1) is 5.92 Å². The zero-order chi connectivity index (χ0) is 14.6. The zero-order valence-electron chi connectivity index (χ0n) is 12.0. The standard InChI is InChI=1S/C14H24O5S/c1-18-7-8-19-6-2-3-14(15)11-9-12-4-5-13(10-11)20(12,16)17/h11-13H,2-10H2,1H3. The van der Waals surface area contributed by atoms with Gasteiger partial charge in [0.2, 0.25) is 0 Å². The summed E-state index contributed by atoms with van der Waals surface area (Å²) in [5.74, 6) is 0.169. The number of ether oxygens (including phenoxy) is 2. The molecule has 2 rings (SSSR count). The van der Waals surface area contributed by atoms with Gasteiger partial charge in [-0.15, -0.1) is 0 Å². The van der Waals surface area contributed by atoms with Crippen molar-refractivity contribution >= 4 is 15.6 Å². The van der Waals surface area contributed by atoms with E-state index in [1.807, 2.05) is 0 Å². The van der Waals surface area contributed by atoms with E-state index in [0.29, 0.717) is 45.5 Å². The molecule has 2 unspecified atom stereocenters. The van der Waals surface area contributed by atoms with Crippen LogP contribution in [0.4, 0.5) is 0 Å². The van der Waals surface area contributed by atoms with Crippen molar-refractivity contribution < 1.29 is 22.7 Å². The third-order valence-corrected chi connectivity index (χ3v) is 7.15. The van der Waals surface area contributed by atoms with E-state index >= 15 is 0 Å². The molecule has 0 aromatic rings. The van der Waals surface area contributed by atoms with Crippen molar-refractivity contribution in [3.05, 3.63) is 0 Å². The maximum atomic E-state index is 12.1. The molecule has 2 bridgehead atoms. The Labute approximate surface area is 120 Å². The molecule has 20 heavy (non-hydrogen) atoms. The number of methoxy groups -OCH3 is 1. The largest absolute Gasteiger partial charge is 0.382 e. The van der Waals surface area contributed by atoms with Crippen LogP contribution in [0.2, 0.25) is 0 Å². The number of hydrogen-bond acceptors (Lipinski definition) is 5. The second kappa shape index (κ2) is 7.00. The highest BCUT2D eigenvalue weighted by atomic mass is 32.2. The number of sulfone groups is 1. The molecule has 0 aromatic carbocycles. The summed E-state index contributed by atoms with van der Waals surface area (Å²) in [6.07, 6.45) is 3.79. The summed E-state index contributed by atoms with van der Waals surface area (Å²) < 4.78 is 34.1. The molecule has 0 aromatic heterocycles. The minimum atomic E-state index is -2.92. The average Bonchev–Trinajstić information content (AvgIpc) is 2.61. The minimum absolute atomic E-state index is 0.0463. The topological polar surface area (TPSA) is 69.7 Å². The van der Waals surface area contributed by atoms with E-state index in [1.165, 1.54) is 0 Å². The summed E-state index contributed by atoms with van der Waals surface area (Å²) in [6, 6.07) is 0. The summed E-state index contributed by atoms with van der Waals surface area (Å²) in [7, 11) is -1.30. The smallest absolute Gasteiger partial charge is 0.156 e. The van der Waals surface area contributed by atoms with Gasteiger partial charge >= 0.3 is 0 Å². The van der Waals surface area contributed by atoms with Gasteiger partial charge in [-0.3, -0.25) is 4.79 Å². The Morgan fingerprint density at radius 2 is 1.75 bits per heavy atom. The number of ketones is 1. The first kappa shape index (κ1) is 15.9. The molecular weight excluding hydrogens is 280 g/mol. The van der Waals surface area contributed by atoms with Crippen LogP contribution < -0.4 is 0 Å². The lowest BCUT2D eigenvalue weighted by Crippen LogP contribution is -2.36. The molecule has 5 nitrogen and oxygen atoms in total. The number of carbonyl (C=O) groups excluding carboxylic acids is 1. The van der Waals surface area contributed by atoms with Gasteiger partial charge in [-0.05, 0) is 32.1 Å². The lowest BCUT2D eigenvalue weighted by atomic mass is 9.92. The molecule has 2 atom stereocenters.